The fourth-order valence-electron chi connectivity index (χ4n) is 2.82. The predicted molar refractivity (Wildman–Crippen MR) is 99.1 cm³/mol. The van der Waals surface area contributed by atoms with Crippen molar-refractivity contribution < 1.29 is 9.59 Å². The van der Waals surface area contributed by atoms with Crippen molar-refractivity contribution in [3.8, 4) is 0 Å². The first-order valence-corrected chi connectivity index (χ1v) is 8.94. The molecule has 0 saturated carbocycles. The van der Waals surface area contributed by atoms with E-state index in [1.165, 1.54) is 11.8 Å². The largest absolute Gasteiger partial charge is 0.353 e. The molecule has 6 nitrogen and oxygen atoms in total. The maximum Gasteiger partial charge on any atom is 0.240 e. The molecule has 3 rings (SSSR count). The van der Waals surface area contributed by atoms with Crippen LogP contribution in [-0.2, 0) is 9.59 Å². The molecular weight excluding hydrogens is 348 g/mol. The van der Waals surface area contributed by atoms with E-state index in [1.807, 2.05) is 24.3 Å². The summed E-state index contributed by atoms with van der Waals surface area (Å²) in [6, 6.07) is 7.73. The van der Waals surface area contributed by atoms with Gasteiger partial charge in [-0.15, -0.1) is 24.2 Å². The van der Waals surface area contributed by atoms with Gasteiger partial charge in [0.2, 0.25) is 11.8 Å². The summed E-state index contributed by atoms with van der Waals surface area (Å²) in [5, 5.41) is 6.23. The number of hydrogen-bond acceptors (Lipinski definition) is 5. The van der Waals surface area contributed by atoms with Crippen molar-refractivity contribution in [1.29, 1.82) is 0 Å². The summed E-state index contributed by atoms with van der Waals surface area (Å²) in [6.07, 6.45) is 0. The lowest BCUT2D eigenvalue weighted by Crippen LogP contribution is -2.48. The van der Waals surface area contributed by atoms with Crippen molar-refractivity contribution in [2.45, 2.75) is 4.90 Å². The summed E-state index contributed by atoms with van der Waals surface area (Å²) in [6.45, 7) is 5.62. The highest BCUT2D eigenvalue weighted by Crippen LogP contribution is 2.34. The van der Waals surface area contributed by atoms with E-state index in [9.17, 15) is 9.59 Å². The Morgan fingerprint density at radius 2 is 2.00 bits per heavy atom. The zero-order chi connectivity index (χ0) is 16.1. The van der Waals surface area contributed by atoms with Crippen LogP contribution in [0.3, 0.4) is 0 Å². The number of rotatable bonds is 5. The fraction of sp³-hybridized carbons (Fsp3) is 0.500. The van der Waals surface area contributed by atoms with Crippen LogP contribution in [0.5, 0.6) is 0 Å². The third kappa shape index (κ3) is 4.86. The molecule has 2 aliphatic heterocycles. The fourth-order valence-corrected chi connectivity index (χ4v) is 3.75. The topological polar surface area (TPSA) is 64.7 Å². The van der Waals surface area contributed by atoms with Gasteiger partial charge in [-0.1, -0.05) is 12.1 Å². The van der Waals surface area contributed by atoms with Crippen LogP contribution in [0.1, 0.15) is 0 Å². The molecule has 1 saturated heterocycles. The first-order valence-electron chi connectivity index (χ1n) is 7.96. The summed E-state index contributed by atoms with van der Waals surface area (Å²) in [5.41, 5.74) is 0.839. The van der Waals surface area contributed by atoms with E-state index >= 15 is 0 Å². The van der Waals surface area contributed by atoms with E-state index in [1.54, 1.807) is 4.90 Å². The zero-order valence-electron chi connectivity index (χ0n) is 13.5. The standard InChI is InChI=1S/C16H22N4O2S.ClH/c21-15(18-7-10-19-8-5-17-6-9-19)11-20-13-3-1-2-4-14(13)23-12-16(20)22;/h1-4,17H,5-12H2,(H,18,21);1H. The number of anilines is 1. The Hall–Kier alpha value is -1.28. The second-order valence-electron chi connectivity index (χ2n) is 5.68. The highest BCUT2D eigenvalue weighted by Gasteiger charge is 2.26. The Bertz CT molecular complexity index is 581. The molecule has 0 atom stereocenters. The number of thioether (sulfide) groups is 1. The minimum absolute atomic E-state index is 0. The van der Waals surface area contributed by atoms with Gasteiger partial charge in [0.05, 0.1) is 11.4 Å². The van der Waals surface area contributed by atoms with Gasteiger partial charge in [0.1, 0.15) is 6.54 Å². The van der Waals surface area contributed by atoms with E-state index in [2.05, 4.69) is 15.5 Å². The smallest absolute Gasteiger partial charge is 0.240 e. The third-order valence-corrected chi connectivity index (χ3v) is 5.12. The second-order valence-corrected chi connectivity index (χ2v) is 6.70. The molecule has 2 heterocycles. The molecule has 8 heteroatoms. The lowest BCUT2D eigenvalue weighted by Gasteiger charge is -2.29. The maximum absolute atomic E-state index is 12.2. The van der Waals surface area contributed by atoms with E-state index in [-0.39, 0.29) is 30.8 Å². The molecule has 2 amide bonds. The molecule has 1 aromatic rings. The van der Waals surface area contributed by atoms with Gasteiger partial charge in [0.15, 0.2) is 0 Å². The van der Waals surface area contributed by atoms with Crippen LogP contribution < -0.4 is 15.5 Å². The van der Waals surface area contributed by atoms with Crippen LogP contribution in [0.25, 0.3) is 0 Å². The minimum atomic E-state index is -0.102. The molecular formula is C16H23ClN4O2S. The normalized spacial score (nSPS) is 17.8. The first kappa shape index (κ1) is 19.1. The SMILES string of the molecule is Cl.O=C(CN1C(=O)CSc2ccccc21)NCCN1CCNCC1. The summed E-state index contributed by atoms with van der Waals surface area (Å²) in [7, 11) is 0. The number of benzene rings is 1. The van der Waals surface area contributed by atoms with Gasteiger partial charge in [-0.05, 0) is 12.1 Å². The minimum Gasteiger partial charge on any atom is -0.353 e. The quantitative estimate of drug-likeness (QED) is 0.793. The number of carbonyl (C=O) groups excluding carboxylic acids is 2. The van der Waals surface area contributed by atoms with Crippen molar-refractivity contribution in [3.63, 3.8) is 0 Å². The average molecular weight is 371 g/mol. The van der Waals surface area contributed by atoms with Crippen LogP contribution >= 0.6 is 24.2 Å². The number of fused-ring (bicyclic) bond motifs is 1. The van der Waals surface area contributed by atoms with Crippen molar-refractivity contribution in [1.82, 2.24) is 15.5 Å². The molecule has 132 valence electrons. The monoisotopic (exact) mass is 370 g/mol. The van der Waals surface area contributed by atoms with E-state index in [0.717, 1.165) is 43.3 Å². The number of hydrogen-bond donors (Lipinski definition) is 2. The summed E-state index contributed by atoms with van der Waals surface area (Å²) in [4.78, 5) is 29.3. The highest BCUT2D eigenvalue weighted by molar-refractivity contribution is 8.00. The molecule has 0 aliphatic carbocycles. The van der Waals surface area contributed by atoms with Crippen molar-refractivity contribution in [2.24, 2.45) is 0 Å². The molecule has 0 bridgehead atoms. The van der Waals surface area contributed by atoms with Gasteiger partial charge in [-0.25, -0.2) is 0 Å². The predicted octanol–water partition coefficient (Wildman–Crippen LogP) is 0.568. The summed E-state index contributed by atoms with van der Waals surface area (Å²) < 4.78 is 0. The highest BCUT2D eigenvalue weighted by atomic mass is 35.5. The second kappa shape index (κ2) is 9.27. The molecule has 0 spiro atoms. The molecule has 2 aliphatic rings. The lowest BCUT2D eigenvalue weighted by molar-refractivity contribution is -0.123. The van der Waals surface area contributed by atoms with Crippen LogP contribution in [0.15, 0.2) is 29.2 Å². The number of amides is 2. The van der Waals surface area contributed by atoms with Gasteiger partial charge >= 0.3 is 0 Å². The molecule has 2 N–H and O–H groups in total. The number of para-hydroxylation sites is 1. The van der Waals surface area contributed by atoms with Crippen molar-refractivity contribution in [2.75, 3.05) is 56.5 Å². The van der Waals surface area contributed by atoms with Crippen LogP contribution in [0, 0.1) is 0 Å². The Balaban J connectivity index is 0.00000208. The summed E-state index contributed by atoms with van der Waals surface area (Å²) in [5.74, 6) is 0.284. The molecule has 1 aromatic carbocycles. The van der Waals surface area contributed by atoms with E-state index < -0.39 is 0 Å². The summed E-state index contributed by atoms with van der Waals surface area (Å²) >= 11 is 1.53. The van der Waals surface area contributed by atoms with Gasteiger partial charge in [0.25, 0.3) is 0 Å². The van der Waals surface area contributed by atoms with E-state index in [4.69, 9.17) is 0 Å². The van der Waals surface area contributed by atoms with Gasteiger partial charge in [0, 0.05) is 44.2 Å². The van der Waals surface area contributed by atoms with Crippen molar-refractivity contribution in [3.05, 3.63) is 24.3 Å². The Labute approximate surface area is 152 Å². The van der Waals surface area contributed by atoms with E-state index in [0.29, 0.717) is 12.3 Å². The van der Waals surface area contributed by atoms with Gasteiger partial charge in [-0.3, -0.25) is 14.5 Å². The van der Waals surface area contributed by atoms with Crippen LogP contribution in [-0.4, -0.2) is 68.3 Å². The Morgan fingerprint density at radius 1 is 1.25 bits per heavy atom. The number of piperazine rings is 1. The van der Waals surface area contributed by atoms with Crippen LogP contribution in [0.2, 0.25) is 0 Å². The Morgan fingerprint density at radius 3 is 2.79 bits per heavy atom. The number of halogens is 1. The zero-order valence-corrected chi connectivity index (χ0v) is 15.1. The number of nitrogens with one attached hydrogen (secondary N) is 2. The maximum atomic E-state index is 12.2. The Kier molecular flexibility index (Phi) is 7.36. The molecule has 0 unspecified atom stereocenters. The van der Waals surface area contributed by atoms with Crippen LogP contribution in [0.4, 0.5) is 5.69 Å². The lowest BCUT2D eigenvalue weighted by atomic mass is 10.2. The molecule has 24 heavy (non-hydrogen) atoms. The molecule has 1 fully saturated rings. The van der Waals surface area contributed by atoms with Gasteiger partial charge in [-0.2, -0.15) is 0 Å². The number of nitrogens with zero attached hydrogens (tertiary/aromatic N) is 2. The molecule has 0 radical (unpaired) electrons. The third-order valence-electron chi connectivity index (χ3n) is 4.07. The van der Waals surface area contributed by atoms with Crippen molar-refractivity contribution >= 4 is 41.7 Å². The average Bonchev–Trinajstić information content (AvgIpc) is 2.58. The molecule has 0 aromatic heterocycles. The first-order chi connectivity index (χ1) is 11.2. The number of carbonyl (C=O) groups is 2. The van der Waals surface area contributed by atoms with Gasteiger partial charge < -0.3 is 15.5 Å².